The van der Waals surface area contributed by atoms with E-state index >= 15 is 0 Å². The van der Waals surface area contributed by atoms with Crippen molar-refractivity contribution >= 4 is 58.6 Å². The zero-order valence-electron chi connectivity index (χ0n) is 10.5. The van der Waals surface area contributed by atoms with Gasteiger partial charge >= 0.3 is 0 Å². The lowest BCUT2D eigenvalue weighted by Gasteiger charge is -2.14. The van der Waals surface area contributed by atoms with Crippen LogP contribution in [0, 0.1) is 0 Å². The number of fused-ring (bicyclic) bond motifs is 1. The third-order valence-electron chi connectivity index (χ3n) is 3.27. The van der Waals surface area contributed by atoms with Crippen LogP contribution in [0.1, 0.15) is 16.0 Å². The van der Waals surface area contributed by atoms with Gasteiger partial charge in [0.05, 0.1) is 4.83 Å². The maximum absolute atomic E-state index is 3.84. The van der Waals surface area contributed by atoms with Crippen molar-refractivity contribution in [1.82, 2.24) is 0 Å². The first kappa shape index (κ1) is 14.3. The van der Waals surface area contributed by atoms with E-state index in [1.54, 1.807) is 0 Å². The van der Waals surface area contributed by atoms with Crippen LogP contribution in [0.4, 0.5) is 0 Å². The predicted octanol–water partition coefficient (Wildman–Crippen LogP) is 6.85. The molecule has 0 aromatic heterocycles. The number of halogens is 3. The second-order valence-electron chi connectivity index (χ2n) is 4.63. The van der Waals surface area contributed by atoms with E-state index < -0.39 is 0 Å². The fourth-order valence-corrected chi connectivity index (χ4v) is 4.37. The average Bonchev–Trinajstić information content (AvgIpc) is 2.45. The maximum atomic E-state index is 3.84. The Morgan fingerprint density at radius 3 is 2.15 bits per heavy atom. The maximum Gasteiger partial charge on any atom is 0.0651 e. The van der Waals surface area contributed by atoms with Gasteiger partial charge in [-0.1, -0.05) is 90.3 Å². The summed E-state index contributed by atoms with van der Waals surface area (Å²) >= 11 is 10.9. The van der Waals surface area contributed by atoms with Crippen molar-refractivity contribution in [2.45, 2.75) is 4.83 Å². The molecule has 1 atom stereocenters. The highest BCUT2D eigenvalue weighted by Gasteiger charge is 2.14. The Hall–Kier alpha value is -0.640. The van der Waals surface area contributed by atoms with Crippen LogP contribution >= 0.6 is 47.8 Å². The normalized spacial score (nSPS) is 12.6. The van der Waals surface area contributed by atoms with Crippen LogP contribution in [0.15, 0.2) is 69.6 Å². The summed E-state index contributed by atoms with van der Waals surface area (Å²) in [5.41, 5.74) is 2.51. The second-order valence-corrected chi connectivity index (χ2v) is 7.38. The minimum Gasteiger partial charge on any atom is -0.0786 e. The molecule has 0 aliphatic heterocycles. The van der Waals surface area contributed by atoms with Crippen molar-refractivity contribution in [2.24, 2.45) is 0 Å². The molecule has 0 aliphatic rings. The SMILES string of the molecule is Brc1cc(Br)cc(C(Br)c2cccc3ccccc23)c1. The molecule has 3 rings (SSSR count). The summed E-state index contributed by atoms with van der Waals surface area (Å²) < 4.78 is 2.15. The molecule has 0 amide bonds. The van der Waals surface area contributed by atoms with Crippen molar-refractivity contribution in [3.63, 3.8) is 0 Å². The molecule has 0 aliphatic carbocycles. The van der Waals surface area contributed by atoms with Crippen LogP contribution in [0.2, 0.25) is 0 Å². The Bertz CT molecular complexity index is 740. The van der Waals surface area contributed by atoms with Crippen LogP contribution in [-0.2, 0) is 0 Å². The van der Waals surface area contributed by atoms with Crippen molar-refractivity contribution in [3.8, 4) is 0 Å². The first-order valence-corrected chi connectivity index (χ1v) is 8.73. The molecular formula is C17H11Br3. The minimum absolute atomic E-state index is 0.169. The number of hydrogen-bond donors (Lipinski definition) is 0. The zero-order chi connectivity index (χ0) is 14.1. The number of hydrogen-bond acceptors (Lipinski definition) is 0. The summed E-state index contributed by atoms with van der Waals surface area (Å²) in [5, 5.41) is 2.55. The Morgan fingerprint density at radius 2 is 1.40 bits per heavy atom. The van der Waals surface area contributed by atoms with Gasteiger partial charge in [0.25, 0.3) is 0 Å². The third kappa shape index (κ3) is 2.85. The summed E-state index contributed by atoms with van der Waals surface area (Å²) in [4.78, 5) is 0.169. The van der Waals surface area contributed by atoms with E-state index in [0.29, 0.717) is 0 Å². The molecule has 0 bridgehead atoms. The van der Waals surface area contributed by atoms with Gasteiger partial charge in [0.2, 0.25) is 0 Å². The number of rotatable bonds is 2. The molecular weight excluding hydrogens is 444 g/mol. The molecule has 0 saturated carbocycles. The monoisotopic (exact) mass is 452 g/mol. The van der Waals surface area contributed by atoms with E-state index in [0.717, 1.165) is 8.95 Å². The lowest BCUT2D eigenvalue weighted by Crippen LogP contribution is -1.94. The molecule has 0 heterocycles. The lowest BCUT2D eigenvalue weighted by atomic mass is 9.98. The molecule has 100 valence electrons. The van der Waals surface area contributed by atoms with Crippen LogP contribution in [0.3, 0.4) is 0 Å². The Balaban J connectivity index is 2.15. The van der Waals surface area contributed by atoms with Gasteiger partial charge in [0.1, 0.15) is 0 Å². The summed E-state index contributed by atoms with van der Waals surface area (Å²) in [5.74, 6) is 0. The van der Waals surface area contributed by atoms with E-state index in [1.165, 1.54) is 21.9 Å². The highest BCUT2D eigenvalue weighted by Crippen LogP contribution is 2.37. The average molecular weight is 455 g/mol. The number of alkyl halides is 1. The lowest BCUT2D eigenvalue weighted by molar-refractivity contribution is 1.19. The van der Waals surface area contributed by atoms with Crippen LogP contribution in [0.25, 0.3) is 10.8 Å². The molecule has 0 N–H and O–H groups in total. The summed E-state index contributed by atoms with van der Waals surface area (Å²) in [7, 11) is 0. The van der Waals surface area contributed by atoms with Gasteiger partial charge in [-0.2, -0.15) is 0 Å². The Labute approximate surface area is 143 Å². The molecule has 1 unspecified atom stereocenters. The van der Waals surface area contributed by atoms with Gasteiger partial charge in [-0.25, -0.2) is 0 Å². The predicted molar refractivity (Wildman–Crippen MR) is 96.6 cm³/mol. The van der Waals surface area contributed by atoms with Crippen LogP contribution in [0.5, 0.6) is 0 Å². The minimum atomic E-state index is 0.169. The number of benzene rings is 3. The fourth-order valence-electron chi connectivity index (χ4n) is 2.37. The topological polar surface area (TPSA) is 0 Å². The zero-order valence-corrected chi connectivity index (χ0v) is 15.2. The van der Waals surface area contributed by atoms with Crippen molar-refractivity contribution in [1.29, 1.82) is 0 Å². The van der Waals surface area contributed by atoms with Gasteiger partial charge in [0.15, 0.2) is 0 Å². The molecule has 0 fully saturated rings. The van der Waals surface area contributed by atoms with Gasteiger partial charge in [0, 0.05) is 8.95 Å². The highest BCUT2D eigenvalue weighted by atomic mass is 79.9. The van der Waals surface area contributed by atoms with E-state index in [2.05, 4.69) is 102 Å². The van der Waals surface area contributed by atoms with E-state index in [4.69, 9.17) is 0 Å². The molecule has 3 aromatic rings. The van der Waals surface area contributed by atoms with Gasteiger partial charge in [-0.15, -0.1) is 0 Å². The molecule has 0 radical (unpaired) electrons. The van der Waals surface area contributed by atoms with Gasteiger partial charge in [-0.05, 0) is 40.1 Å². The van der Waals surface area contributed by atoms with Crippen molar-refractivity contribution < 1.29 is 0 Å². The third-order valence-corrected chi connectivity index (χ3v) is 5.21. The second kappa shape index (κ2) is 6.00. The van der Waals surface area contributed by atoms with E-state index in [-0.39, 0.29) is 4.83 Å². The largest absolute Gasteiger partial charge is 0.0786 e. The quantitative estimate of drug-likeness (QED) is 0.371. The van der Waals surface area contributed by atoms with Crippen LogP contribution in [-0.4, -0.2) is 0 Å². The van der Waals surface area contributed by atoms with E-state index in [9.17, 15) is 0 Å². The molecule has 3 aromatic carbocycles. The van der Waals surface area contributed by atoms with Gasteiger partial charge in [-0.3, -0.25) is 0 Å². The molecule has 0 saturated heterocycles. The molecule has 0 spiro atoms. The first-order valence-electron chi connectivity index (χ1n) is 6.23. The van der Waals surface area contributed by atoms with E-state index in [1.807, 2.05) is 6.07 Å². The Morgan fingerprint density at radius 1 is 0.750 bits per heavy atom. The Kier molecular flexibility index (Phi) is 4.29. The van der Waals surface area contributed by atoms with Crippen LogP contribution < -0.4 is 0 Å². The highest BCUT2D eigenvalue weighted by molar-refractivity contribution is 9.11. The van der Waals surface area contributed by atoms with Crippen molar-refractivity contribution in [2.75, 3.05) is 0 Å². The summed E-state index contributed by atoms with van der Waals surface area (Å²) in [6.45, 7) is 0. The molecule has 20 heavy (non-hydrogen) atoms. The van der Waals surface area contributed by atoms with Gasteiger partial charge < -0.3 is 0 Å². The summed E-state index contributed by atoms with van der Waals surface area (Å²) in [6, 6.07) is 21.3. The smallest absolute Gasteiger partial charge is 0.0651 e. The molecule has 3 heteroatoms. The first-order chi connectivity index (χ1) is 9.65. The summed E-state index contributed by atoms with van der Waals surface area (Å²) in [6.07, 6.45) is 0. The standard InChI is InChI=1S/C17H11Br3/c18-13-8-12(9-14(19)10-13)17(20)16-7-3-5-11-4-1-2-6-15(11)16/h1-10,17H. The molecule has 0 nitrogen and oxygen atoms in total. The fraction of sp³-hybridized carbons (Fsp3) is 0.0588. The van der Waals surface area contributed by atoms with Crippen molar-refractivity contribution in [3.05, 3.63) is 80.7 Å².